The van der Waals surface area contributed by atoms with Gasteiger partial charge in [-0.05, 0) is 154 Å². The highest BCUT2D eigenvalue weighted by molar-refractivity contribution is 7.26. The van der Waals surface area contributed by atoms with Gasteiger partial charge < -0.3 is 0 Å². The second kappa shape index (κ2) is 13.1. The molecule has 0 saturated heterocycles. The van der Waals surface area contributed by atoms with Gasteiger partial charge in [-0.1, -0.05) is 152 Å². The van der Waals surface area contributed by atoms with E-state index in [0.29, 0.717) is 0 Å². The lowest BCUT2D eigenvalue weighted by Crippen LogP contribution is -2.00. The molecule has 0 N–H and O–H groups in total. The topological polar surface area (TPSA) is 0 Å². The number of thiophene rings is 2. The highest BCUT2D eigenvalue weighted by Gasteiger charge is 2.27. The summed E-state index contributed by atoms with van der Waals surface area (Å²) in [6.45, 7) is 0. The molecule has 14 rings (SSSR count). The first-order valence-electron chi connectivity index (χ1n) is 21.3. The van der Waals surface area contributed by atoms with Crippen molar-refractivity contribution in [1.82, 2.24) is 0 Å². The van der Waals surface area contributed by atoms with Gasteiger partial charge in [-0.25, -0.2) is 0 Å². The first-order valence-corrected chi connectivity index (χ1v) is 22.9. The molecule has 0 bridgehead atoms. The summed E-state index contributed by atoms with van der Waals surface area (Å²) in [4.78, 5) is 0. The summed E-state index contributed by atoms with van der Waals surface area (Å²) in [5, 5.41) is 13.0. The van der Waals surface area contributed by atoms with Crippen LogP contribution in [0.2, 0.25) is 0 Å². The van der Waals surface area contributed by atoms with Crippen molar-refractivity contribution < 1.29 is 0 Å². The van der Waals surface area contributed by atoms with Crippen molar-refractivity contribution in [2.24, 2.45) is 0 Å². The van der Waals surface area contributed by atoms with Crippen molar-refractivity contribution in [3.8, 4) is 66.8 Å². The van der Waals surface area contributed by atoms with Gasteiger partial charge in [0.15, 0.2) is 0 Å². The molecule has 0 amide bonds. The van der Waals surface area contributed by atoms with E-state index in [1.54, 1.807) is 0 Å². The largest absolute Gasteiger partial charge is 0.135 e. The summed E-state index contributed by atoms with van der Waals surface area (Å²) in [6, 6.07) is 78.0. The van der Waals surface area contributed by atoms with E-state index in [4.69, 9.17) is 0 Å². The summed E-state index contributed by atoms with van der Waals surface area (Å²) in [5.41, 5.74) is 15.0. The van der Waals surface area contributed by atoms with Crippen molar-refractivity contribution in [1.29, 1.82) is 0 Å². The Kier molecular flexibility index (Phi) is 7.24. The van der Waals surface area contributed by atoms with Crippen LogP contribution in [0.3, 0.4) is 0 Å². The molecule has 2 heterocycles. The van der Waals surface area contributed by atoms with Crippen molar-refractivity contribution >= 4 is 95.3 Å². The molecule has 0 aliphatic heterocycles. The molecule has 0 nitrogen and oxygen atoms in total. The Balaban J connectivity index is 1.12. The van der Waals surface area contributed by atoms with Gasteiger partial charge in [-0.15, -0.1) is 22.7 Å². The Morgan fingerprint density at radius 3 is 1.24 bits per heavy atom. The van der Waals surface area contributed by atoms with Gasteiger partial charge in [-0.2, -0.15) is 0 Å². The molecular weight excluding hydrogens is 785 g/mol. The van der Waals surface area contributed by atoms with Crippen molar-refractivity contribution in [2.75, 3.05) is 0 Å². The van der Waals surface area contributed by atoms with Gasteiger partial charge >= 0.3 is 0 Å². The Morgan fingerprint density at radius 1 is 0.194 bits per heavy atom. The van der Waals surface area contributed by atoms with E-state index in [9.17, 15) is 0 Å². The zero-order valence-electron chi connectivity index (χ0n) is 33.4. The first-order chi connectivity index (χ1) is 30.7. The van der Waals surface area contributed by atoms with Crippen LogP contribution in [-0.4, -0.2) is 0 Å². The van der Waals surface area contributed by atoms with Crippen LogP contribution >= 0.6 is 22.7 Å². The third-order valence-corrected chi connectivity index (χ3v) is 15.7. The fraction of sp³-hybridized carbons (Fsp3) is 0. The number of hydrogen-bond donors (Lipinski definition) is 0. The van der Waals surface area contributed by atoms with E-state index in [1.165, 1.54) is 139 Å². The van der Waals surface area contributed by atoms with Gasteiger partial charge in [0.05, 0.1) is 0 Å². The number of fused-ring (bicyclic) bond motifs is 20. The maximum atomic E-state index is 2.54. The molecule has 1 aliphatic carbocycles. The Labute approximate surface area is 366 Å². The number of hydrogen-bond acceptors (Lipinski definition) is 2. The van der Waals surface area contributed by atoms with Crippen LogP contribution in [0, 0.1) is 0 Å². The minimum atomic E-state index is 1.22. The van der Waals surface area contributed by atoms with Crippen LogP contribution in [0.5, 0.6) is 0 Å². The maximum Gasteiger partial charge on any atom is 0.0355 e. The summed E-state index contributed by atoms with van der Waals surface area (Å²) in [7, 11) is 0. The lowest BCUT2D eigenvalue weighted by atomic mass is 9.76. The standard InChI is InChI=1S/C60H34S2/c1-4-15-42-41(14-1)45-27-24-35(36-25-28-58-53(31-36)46-18-7-9-22-56(46)61-58)30-49(45)52-33-50-43-16-5-2-12-39(43)40-13-3-6-17-44(40)51(50)34-55(52)60-38(20-11-21-48(42)60)37-26-29-59-54(32-37)47-19-8-10-23-57(47)62-59/h1-34H. The lowest BCUT2D eigenvalue weighted by Gasteiger charge is -2.26. The van der Waals surface area contributed by atoms with Gasteiger partial charge in [0.2, 0.25) is 0 Å². The van der Waals surface area contributed by atoms with E-state index in [0.717, 1.165) is 0 Å². The van der Waals surface area contributed by atoms with E-state index < -0.39 is 0 Å². The zero-order valence-corrected chi connectivity index (χ0v) is 35.1. The quantitative estimate of drug-likeness (QED) is 0.152. The zero-order chi connectivity index (χ0) is 40.5. The van der Waals surface area contributed by atoms with Crippen molar-refractivity contribution in [3.63, 3.8) is 0 Å². The SMILES string of the molecule is c1ccc2c(c1)-c1ccc(-c3ccc4sc5ccccc5c4c3)cc1-c1cc3c4ccccc4c4ccccc4c3cc1-c1c(-c3ccc4sc5ccccc5c4c3)cccc1-2. The lowest BCUT2D eigenvalue weighted by molar-refractivity contribution is 1.52. The molecule has 0 unspecified atom stereocenters. The Morgan fingerprint density at radius 2 is 0.597 bits per heavy atom. The number of rotatable bonds is 2. The van der Waals surface area contributed by atoms with Gasteiger partial charge in [0.25, 0.3) is 0 Å². The second-order valence-corrected chi connectivity index (χ2v) is 18.9. The van der Waals surface area contributed by atoms with Crippen LogP contribution in [0.15, 0.2) is 206 Å². The fourth-order valence-electron chi connectivity index (χ4n) is 10.6. The predicted octanol–water partition coefficient (Wildman–Crippen LogP) is 18.2. The highest BCUT2D eigenvalue weighted by atomic mass is 32.1. The normalized spacial score (nSPS) is 12.2. The van der Waals surface area contributed by atoms with Crippen molar-refractivity contribution in [2.45, 2.75) is 0 Å². The molecule has 0 radical (unpaired) electrons. The van der Waals surface area contributed by atoms with E-state index >= 15 is 0 Å². The van der Waals surface area contributed by atoms with Crippen LogP contribution in [0.1, 0.15) is 0 Å². The van der Waals surface area contributed by atoms with Crippen LogP contribution < -0.4 is 0 Å². The maximum absolute atomic E-state index is 2.54. The third-order valence-electron chi connectivity index (χ3n) is 13.4. The molecule has 62 heavy (non-hydrogen) atoms. The summed E-state index contributed by atoms with van der Waals surface area (Å²) < 4.78 is 5.30. The highest BCUT2D eigenvalue weighted by Crippen LogP contribution is 2.54. The second-order valence-electron chi connectivity index (χ2n) is 16.7. The molecule has 2 aromatic heterocycles. The molecule has 11 aromatic carbocycles. The third kappa shape index (κ3) is 4.94. The average molecular weight is 819 g/mol. The van der Waals surface area contributed by atoms with E-state index in [1.807, 2.05) is 22.7 Å². The van der Waals surface area contributed by atoms with Crippen LogP contribution in [0.25, 0.3) is 139 Å². The average Bonchev–Trinajstić information content (AvgIpc) is 3.91. The summed E-state index contributed by atoms with van der Waals surface area (Å²) >= 11 is 3.75. The molecule has 13 aromatic rings. The number of benzene rings is 11. The Hall–Kier alpha value is -7.36. The van der Waals surface area contributed by atoms with Gasteiger partial charge in [0, 0.05) is 40.3 Å². The van der Waals surface area contributed by atoms with E-state index in [2.05, 4.69) is 206 Å². The first kappa shape index (κ1) is 34.4. The monoisotopic (exact) mass is 818 g/mol. The van der Waals surface area contributed by atoms with Crippen LogP contribution in [-0.2, 0) is 0 Å². The predicted molar refractivity (Wildman–Crippen MR) is 271 cm³/mol. The molecule has 2 heteroatoms. The minimum Gasteiger partial charge on any atom is -0.135 e. The molecule has 1 aliphatic rings. The molecular formula is C60H34S2. The molecule has 0 saturated carbocycles. The fourth-order valence-corrected chi connectivity index (χ4v) is 12.8. The summed E-state index contributed by atoms with van der Waals surface area (Å²) in [5.74, 6) is 0. The Bertz CT molecular complexity index is 4050. The van der Waals surface area contributed by atoms with Crippen LogP contribution in [0.4, 0.5) is 0 Å². The van der Waals surface area contributed by atoms with E-state index in [-0.39, 0.29) is 0 Å². The smallest absolute Gasteiger partial charge is 0.0355 e. The molecule has 286 valence electrons. The van der Waals surface area contributed by atoms with Gasteiger partial charge in [-0.3, -0.25) is 0 Å². The van der Waals surface area contributed by atoms with Crippen molar-refractivity contribution in [3.05, 3.63) is 206 Å². The molecule has 0 fully saturated rings. The molecule has 0 atom stereocenters. The summed E-state index contributed by atoms with van der Waals surface area (Å²) in [6.07, 6.45) is 0. The van der Waals surface area contributed by atoms with Gasteiger partial charge in [0.1, 0.15) is 0 Å². The molecule has 0 spiro atoms. The minimum absolute atomic E-state index is 1.22.